The van der Waals surface area contributed by atoms with Crippen LogP contribution in [-0.4, -0.2) is 41.9 Å². The number of benzene rings is 4. The van der Waals surface area contributed by atoms with E-state index in [0.29, 0.717) is 5.56 Å². The number of carboxylic acid groups (broad SMARTS) is 1. The summed E-state index contributed by atoms with van der Waals surface area (Å²) in [5.41, 5.74) is 1.85. The lowest BCUT2D eigenvalue weighted by molar-refractivity contribution is -0.141. The number of nitrogens with one attached hydrogen (secondary N) is 2. The van der Waals surface area contributed by atoms with Gasteiger partial charge in [-0.1, -0.05) is 48.5 Å². The van der Waals surface area contributed by atoms with E-state index in [-0.39, 0.29) is 44.6 Å². The van der Waals surface area contributed by atoms with Gasteiger partial charge >= 0.3 is 12.1 Å². The highest BCUT2D eigenvalue weighted by atomic mass is 19.4. The van der Waals surface area contributed by atoms with Crippen molar-refractivity contribution >= 4 is 29.3 Å². The van der Waals surface area contributed by atoms with Gasteiger partial charge in [0.05, 0.1) is 11.1 Å². The molecule has 3 N–H and O–H groups in total. The van der Waals surface area contributed by atoms with Gasteiger partial charge in [-0.25, -0.2) is 4.79 Å². The van der Waals surface area contributed by atoms with Crippen molar-refractivity contribution in [2.45, 2.75) is 32.9 Å². The molecule has 0 saturated heterocycles. The number of amides is 2. The van der Waals surface area contributed by atoms with Crippen LogP contribution in [0.4, 0.5) is 18.9 Å². The van der Waals surface area contributed by atoms with Gasteiger partial charge in [-0.2, -0.15) is 13.2 Å². The smallest absolute Gasteiger partial charge is 0.399 e. The summed E-state index contributed by atoms with van der Waals surface area (Å²) in [7, 11) is 1.45. The van der Waals surface area contributed by atoms with Crippen molar-refractivity contribution in [3.05, 3.63) is 134 Å². The number of anilines is 1. The SMILES string of the molecule is CNC(=O)c1cccc(C(=O)c2ccc(C(=O)O)c(C(=O)Nc3ccc(C(c4ccc(C)c(C)c4)C(F)(F)F)cc3C)c2)c1. The van der Waals surface area contributed by atoms with Crippen molar-refractivity contribution in [2.75, 3.05) is 12.4 Å². The number of halogens is 3. The van der Waals surface area contributed by atoms with E-state index in [9.17, 15) is 37.5 Å². The number of ketones is 1. The fourth-order valence-electron chi connectivity index (χ4n) is 4.88. The lowest BCUT2D eigenvalue weighted by atomic mass is 9.88. The highest BCUT2D eigenvalue weighted by Crippen LogP contribution is 2.41. The predicted octanol–water partition coefficient (Wildman–Crippen LogP) is 6.85. The summed E-state index contributed by atoms with van der Waals surface area (Å²) in [6.07, 6.45) is -4.58. The number of hydrogen-bond acceptors (Lipinski definition) is 4. The quantitative estimate of drug-likeness (QED) is 0.191. The maximum Gasteiger partial charge on any atom is 0.399 e. The van der Waals surface area contributed by atoms with Crippen molar-refractivity contribution in [3.63, 3.8) is 0 Å². The number of carbonyl (C=O) groups excluding carboxylic acids is 3. The Bertz CT molecular complexity index is 1800. The Balaban J connectivity index is 1.66. The Morgan fingerprint density at radius 3 is 1.89 bits per heavy atom. The first-order valence-corrected chi connectivity index (χ1v) is 13.5. The monoisotopic (exact) mass is 602 g/mol. The molecular weight excluding hydrogens is 573 g/mol. The van der Waals surface area contributed by atoms with Crippen molar-refractivity contribution in [1.29, 1.82) is 0 Å². The van der Waals surface area contributed by atoms with Crippen LogP contribution in [-0.2, 0) is 0 Å². The van der Waals surface area contributed by atoms with Gasteiger partial charge in [0.25, 0.3) is 11.8 Å². The summed E-state index contributed by atoms with van der Waals surface area (Å²) in [6.45, 7) is 5.09. The van der Waals surface area contributed by atoms with E-state index in [2.05, 4.69) is 10.6 Å². The first-order valence-electron chi connectivity index (χ1n) is 13.5. The molecule has 0 aliphatic carbocycles. The highest BCUT2D eigenvalue weighted by molar-refractivity contribution is 6.15. The summed E-state index contributed by atoms with van der Waals surface area (Å²) in [5, 5.41) is 14.7. The molecule has 10 heteroatoms. The minimum absolute atomic E-state index is 0.00249. The van der Waals surface area contributed by atoms with Crippen molar-refractivity contribution in [2.24, 2.45) is 0 Å². The topological polar surface area (TPSA) is 113 Å². The molecule has 0 aliphatic heterocycles. The van der Waals surface area contributed by atoms with Crippen LogP contribution in [0.1, 0.15) is 80.7 Å². The fraction of sp³-hybridized carbons (Fsp3) is 0.176. The number of aromatic carboxylic acids is 1. The molecule has 0 heterocycles. The summed E-state index contributed by atoms with van der Waals surface area (Å²) >= 11 is 0. The van der Waals surface area contributed by atoms with Crippen molar-refractivity contribution in [3.8, 4) is 0 Å². The molecule has 7 nitrogen and oxygen atoms in total. The van der Waals surface area contributed by atoms with Gasteiger partial charge in [-0.3, -0.25) is 14.4 Å². The zero-order valence-corrected chi connectivity index (χ0v) is 24.3. The van der Waals surface area contributed by atoms with Gasteiger partial charge < -0.3 is 15.7 Å². The molecule has 1 atom stereocenters. The Kier molecular flexibility index (Phi) is 9.03. The van der Waals surface area contributed by atoms with Crippen LogP contribution in [0.2, 0.25) is 0 Å². The van der Waals surface area contributed by atoms with E-state index < -0.39 is 35.7 Å². The molecule has 4 aromatic rings. The molecule has 44 heavy (non-hydrogen) atoms. The van der Waals surface area contributed by atoms with Crippen molar-refractivity contribution < 1.29 is 37.5 Å². The molecule has 0 radical (unpaired) electrons. The molecule has 0 aromatic heterocycles. The molecule has 1 unspecified atom stereocenters. The van der Waals surface area contributed by atoms with Gasteiger partial charge in [0.15, 0.2) is 5.78 Å². The lowest BCUT2D eigenvalue weighted by Gasteiger charge is -2.23. The zero-order chi connectivity index (χ0) is 32.3. The first-order chi connectivity index (χ1) is 20.7. The summed E-state index contributed by atoms with van der Waals surface area (Å²) in [6, 6.07) is 18.0. The zero-order valence-electron chi connectivity index (χ0n) is 24.3. The summed E-state index contributed by atoms with van der Waals surface area (Å²) in [4.78, 5) is 50.5. The van der Waals surface area contributed by atoms with Crippen LogP contribution in [0.15, 0.2) is 78.9 Å². The normalized spacial score (nSPS) is 11.9. The third kappa shape index (κ3) is 6.70. The minimum atomic E-state index is -4.58. The Morgan fingerprint density at radius 2 is 1.30 bits per heavy atom. The minimum Gasteiger partial charge on any atom is -0.478 e. The van der Waals surface area contributed by atoms with Crippen LogP contribution in [0.25, 0.3) is 0 Å². The van der Waals surface area contributed by atoms with Gasteiger partial charge in [-0.05, 0) is 78.9 Å². The van der Waals surface area contributed by atoms with Gasteiger partial charge in [0, 0.05) is 29.4 Å². The molecule has 0 spiro atoms. The number of carbonyl (C=O) groups is 4. The van der Waals surface area contributed by atoms with Crippen LogP contribution in [0, 0.1) is 20.8 Å². The van der Waals surface area contributed by atoms with Crippen LogP contribution in [0.3, 0.4) is 0 Å². The van der Waals surface area contributed by atoms with Crippen molar-refractivity contribution in [1.82, 2.24) is 5.32 Å². The standard InChI is InChI=1S/C34H29F3N2O5/c1-18-8-9-21(14-19(18)2)29(34(35,36)37)22-11-13-28(20(3)15-22)39-32(42)27-17-24(10-12-26(27)33(43)44)30(40)23-6-5-7-25(16-23)31(41)38-4/h5-17,29H,1-4H3,(H,38,41)(H,39,42)(H,43,44). The third-order valence-electron chi connectivity index (χ3n) is 7.39. The number of aryl methyl sites for hydroxylation is 3. The second-order valence-electron chi connectivity index (χ2n) is 10.4. The molecule has 4 rings (SSSR count). The molecule has 4 aromatic carbocycles. The number of carboxylic acids is 1. The average molecular weight is 603 g/mol. The molecule has 2 amide bonds. The maximum absolute atomic E-state index is 14.2. The summed E-state index contributed by atoms with van der Waals surface area (Å²) < 4.78 is 42.7. The molecule has 0 aliphatic rings. The molecule has 0 fully saturated rings. The Labute approximate surface area is 251 Å². The second-order valence-corrected chi connectivity index (χ2v) is 10.4. The van der Waals surface area contributed by atoms with Crippen LogP contribution >= 0.6 is 0 Å². The van der Waals surface area contributed by atoms with E-state index in [0.717, 1.165) is 23.3 Å². The number of hydrogen-bond donors (Lipinski definition) is 3. The average Bonchev–Trinajstić information content (AvgIpc) is 2.98. The van der Waals surface area contributed by atoms with Gasteiger partial charge in [-0.15, -0.1) is 0 Å². The van der Waals surface area contributed by atoms with E-state index in [1.165, 1.54) is 74.6 Å². The number of rotatable bonds is 8. The molecule has 0 saturated carbocycles. The third-order valence-corrected chi connectivity index (χ3v) is 7.39. The summed E-state index contributed by atoms with van der Waals surface area (Å²) in [5.74, 6) is -5.13. The maximum atomic E-state index is 14.2. The van der Waals surface area contributed by atoms with Crippen LogP contribution < -0.4 is 10.6 Å². The van der Waals surface area contributed by atoms with E-state index in [4.69, 9.17) is 0 Å². The highest BCUT2D eigenvalue weighted by Gasteiger charge is 2.42. The lowest BCUT2D eigenvalue weighted by Crippen LogP contribution is -2.22. The van der Waals surface area contributed by atoms with E-state index in [1.54, 1.807) is 13.0 Å². The van der Waals surface area contributed by atoms with E-state index in [1.807, 2.05) is 6.92 Å². The molecule has 0 bridgehead atoms. The fourth-order valence-corrected chi connectivity index (χ4v) is 4.88. The largest absolute Gasteiger partial charge is 0.478 e. The Hall–Kier alpha value is -5.25. The second kappa shape index (κ2) is 12.5. The first kappa shape index (κ1) is 31.7. The van der Waals surface area contributed by atoms with Crippen LogP contribution in [0.5, 0.6) is 0 Å². The Morgan fingerprint density at radius 1 is 0.682 bits per heavy atom. The molecule has 226 valence electrons. The number of alkyl halides is 3. The molecular formula is C34H29F3N2O5. The van der Waals surface area contributed by atoms with Gasteiger partial charge in [0.2, 0.25) is 0 Å². The van der Waals surface area contributed by atoms with E-state index >= 15 is 0 Å². The van der Waals surface area contributed by atoms with Gasteiger partial charge in [0.1, 0.15) is 5.92 Å². The predicted molar refractivity (Wildman–Crippen MR) is 160 cm³/mol.